The fourth-order valence-corrected chi connectivity index (χ4v) is 4.09. The number of ether oxygens (including phenoxy) is 2. The molecule has 1 aromatic carbocycles. The molecule has 3 rings (SSSR count). The van der Waals surface area contributed by atoms with Gasteiger partial charge < -0.3 is 20.5 Å². The summed E-state index contributed by atoms with van der Waals surface area (Å²) in [6.07, 6.45) is 4.33. The summed E-state index contributed by atoms with van der Waals surface area (Å²) in [7, 11) is 1.37. The summed E-state index contributed by atoms with van der Waals surface area (Å²) in [6.45, 7) is 0.445. The lowest BCUT2D eigenvalue weighted by Crippen LogP contribution is -2.42. The summed E-state index contributed by atoms with van der Waals surface area (Å²) in [5, 5.41) is 2.98. The third-order valence-corrected chi connectivity index (χ3v) is 5.43. The van der Waals surface area contributed by atoms with Crippen LogP contribution in [-0.2, 0) is 14.3 Å². The van der Waals surface area contributed by atoms with E-state index in [1.165, 1.54) is 7.11 Å². The average Bonchev–Trinajstić information content (AvgIpc) is 3.21. The lowest BCUT2D eigenvalue weighted by atomic mass is 9.84. The minimum atomic E-state index is -0.236. The first kappa shape index (κ1) is 20.5. The Bertz CT molecular complexity index is 620. The third-order valence-electron chi connectivity index (χ3n) is 5.43. The summed E-state index contributed by atoms with van der Waals surface area (Å²) < 4.78 is 10.2. The summed E-state index contributed by atoms with van der Waals surface area (Å²) in [5.74, 6) is 1.40. The van der Waals surface area contributed by atoms with Crippen LogP contribution in [0.4, 0.5) is 5.69 Å². The van der Waals surface area contributed by atoms with Crippen LogP contribution >= 0.6 is 12.4 Å². The number of rotatable bonds is 7. The molecule has 2 saturated carbocycles. The van der Waals surface area contributed by atoms with Gasteiger partial charge in [-0.3, -0.25) is 9.59 Å². The highest BCUT2D eigenvalue weighted by molar-refractivity contribution is 5.93. The van der Waals surface area contributed by atoms with Crippen molar-refractivity contribution in [3.8, 4) is 5.75 Å². The van der Waals surface area contributed by atoms with Crippen molar-refractivity contribution in [3.05, 3.63) is 24.3 Å². The van der Waals surface area contributed by atoms with E-state index in [2.05, 4.69) is 10.1 Å². The maximum Gasteiger partial charge on any atom is 0.305 e. The highest BCUT2D eigenvalue weighted by Crippen LogP contribution is 2.47. The number of halogens is 1. The topological polar surface area (TPSA) is 90.6 Å². The predicted octanol–water partition coefficient (Wildman–Crippen LogP) is 2.75. The van der Waals surface area contributed by atoms with Gasteiger partial charge in [-0.2, -0.15) is 0 Å². The Morgan fingerprint density at radius 3 is 2.50 bits per heavy atom. The maximum absolute atomic E-state index is 12.5. The molecule has 0 saturated heterocycles. The lowest BCUT2D eigenvalue weighted by molar-refractivity contribution is -0.140. The van der Waals surface area contributed by atoms with Crippen molar-refractivity contribution in [1.29, 1.82) is 0 Å². The summed E-state index contributed by atoms with van der Waals surface area (Å²) in [4.78, 5) is 23.6. The van der Waals surface area contributed by atoms with Crippen molar-refractivity contribution in [1.82, 2.24) is 0 Å². The van der Waals surface area contributed by atoms with Gasteiger partial charge in [0.05, 0.1) is 19.6 Å². The van der Waals surface area contributed by atoms with Crippen LogP contribution < -0.4 is 15.8 Å². The van der Waals surface area contributed by atoms with E-state index < -0.39 is 0 Å². The van der Waals surface area contributed by atoms with Gasteiger partial charge in [0.2, 0.25) is 5.91 Å². The molecule has 0 spiro atoms. The molecule has 0 heterocycles. The molecule has 2 aliphatic carbocycles. The number of nitrogens with one attached hydrogen (secondary N) is 1. The van der Waals surface area contributed by atoms with Gasteiger partial charge in [0, 0.05) is 18.2 Å². The maximum atomic E-state index is 12.5. The average molecular weight is 383 g/mol. The molecule has 0 aromatic heterocycles. The fraction of sp³-hybridized carbons (Fsp3) is 0.579. The number of fused-ring (bicyclic) bond motifs is 2. The number of hydrogen-bond acceptors (Lipinski definition) is 5. The Morgan fingerprint density at radius 2 is 1.88 bits per heavy atom. The van der Waals surface area contributed by atoms with Crippen LogP contribution in [0.15, 0.2) is 24.3 Å². The van der Waals surface area contributed by atoms with Gasteiger partial charge >= 0.3 is 5.97 Å². The minimum absolute atomic E-state index is 0. The molecule has 7 heteroatoms. The Hall–Kier alpha value is -1.79. The highest BCUT2D eigenvalue weighted by atomic mass is 35.5. The van der Waals surface area contributed by atoms with Gasteiger partial charge in [-0.15, -0.1) is 12.4 Å². The Balaban J connectivity index is 0.00000243. The highest BCUT2D eigenvalue weighted by Gasteiger charge is 2.49. The standard InChI is InChI=1S/C19H26N2O4.ClH/c1-24-16(22)3-2-10-25-15-8-6-14(7-9-15)21-19(23)17-12-4-5-13(11-12)18(17)20;/h6-9,12-13,17-18H,2-5,10-11,20H2,1H3,(H,21,23);1H. The predicted molar refractivity (Wildman–Crippen MR) is 101 cm³/mol. The monoisotopic (exact) mass is 382 g/mol. The molecular formula is C19H27ClN2O4. The number of anilines is 1. The molecule has 0 aliphatic heterocycles. The number of benzene rings is 1. The molecule has 4 unspecified atom stereocenters. The van der Waals surface area contributed by atoms with E-state index in [0.29, 0.717) is 37.0 Å². The number of amides is 1. The molecule has 2 bridgehead atoms. The second-order valence-corrected chi connectivity index (χ2v) is 6.98. The lowest BCUT2D eigenvalue weighted by Gasteiger charge is -2.27. The second kappa shape index (κ2) is 9.24. The van der Waals surface area contributed by atoms with E-state index in [-0.39, 0.29) is 36.2 Å². The van der Waals surface area contributed by atoms with Gasteiger partial charge in [-0.05, 0) is 61.8 Å². The van der Waals surface area contributed by atoms with Gasteiger partial charge in [-0.1, -0.05) is 0 Å². The molecule has 26 heavy (non-hydrogen) atoms. The van der Waals surface area contributed by atoms with Gasteiger partial charge in [0.25, 0.3) is 0 Å². The van der Waals surface area contributed by atoms with E-state index in [1.807, 2.05) is 24.3 Å². The van der Waals surface area contributed by atoms with Crippen LogP contribution in [0.1, 0.15) is 32.1 Å². The van der Waals surface area contributed by atoms with Crippen LogP contribution in [0.2, 0.25) is 0 Å². The Morgan fingerprint density at radius 1 is 1.19 bits per heavy atom. The van der Waals surface area contributed by atoms with Crippen molar-refractivity contribution in [3.63, 3.8) is 0 Å². The van der Waals surface area contributed by atoms with E-state index in [0.717, 1.165) is 24.9 Å². The largest absolute Gasteiger partial charge is 0.494 e. The molecular weight excluding hydrogens is 356 g/mol. The van der Waals surface area contributed by atoms with E-state index in [9.17, 15) is 9.59 Å². The molecule has 3 N–H and O–H groups in total. The fourth-order valence-electron chi connectivity index (χ4n) is 4.09. The van der Waals surface area contributed by atoms with E-state index >= 15 is 0 Å². The molecule has 0 radical (unpaired) electrons. The Labute approximate surface area is 160 Å². The van der Waals surface area contributed by atoms with Crippen LogP contribution in [0, 0.1) is 17.8 Å². The molecule has 144 valence electrons. The van der Waals surface area contributed by atoms with Gasteiger partial charge in [0.15, 0.2) is 0 Å². The minimum Gasteiger partial charge on any atom is -0.494 e. The zero-order chi connectivity index (χ0) is 17.8. The summed E-state index contributed by atoms with van der Waals surface area (Å²) in [6, 6.07) is 7.28. The summed E-state index contributed by atoms with van der Waals surface area (Å²) in [5.41, 5.74) is 6.98. The normalized spacial score (nSPS) is 26.1. The molecule has 1 amide bonds. The van der Waals surface area contributed by atoms with Crippen molar-refractivity contribution < 1.29 is 19.1 Å². The van der Waals surface area contributed by atoms with Crippen LogP contribution in [0.5, 0.6) is 5.75 Å². The number of hydrogen-bond donors (Lipinski definition) is 2. The van der Waals surface area contributed by atoms with Crippen LogP contribution in [0.3, 0.4) is 0 Å². The number of carbonyl (C=O) groups excluding carboxylic acids is 2. The molecule has 6 nitrogen and oxygen atoms in total. The van der Waals surface area contributed by atoms with E-state index in [1.54, 1.807) is 0 Å². The first-order valence-corrected chi connectivity index (χ1v) is 8.94. The first-order chi connectivity index (χ1) is 12.1. The van der Waals surface area contributed by atoms with Crippen molar-refractivity contribution >= 4 is 30.0 Å². The number of esters is 1. The number of carbonyl (C=O) groups is 2. The number of methoxy groups -OCH3 is 1. The van der Waals surface area contributed by atoms with Crippen molar-refractivity contribution in [2.75, 3.05) is 19.0 Å². The molecule has 2 aliphatic rings. The molecule has 1 aromatic rings. The van der Waals surface area contributed by atoms with Crippen LogP contribution in [0.25, 0.3) is 0 Å². The van der Waals surface area contributed by atoms with E-state index in [4.69, 9.17) is 10.5 Å². The van der Waals surface area contributed by atoms with Crippen molar-refractivity contribution in [2.24, 2.45) is 23.5 Å². The van der Waals surface area contributed by atoms with Gasteiger partial charge in [-0.25, -0.2) is 0 Å². The van der Waals surface area contributed by atoms with Crippen molar-refractivity contribution in [2.45, 2.75) is 38.1 Å². The SMILES string of the molecule is COC(=O)CCCOc1ccc(NC(=O)C2C3CCC(C3)C2N)cc1.Cl. The Kier molecular flexibility index (Phi) is 7.29. The zero-order valence-corrected chi connectivity index (χ0v) is 15.8. The second-order valence-electron chi connectivity index (χ2n) is 6.98. The molecule has 4 atom stereocenters. The molecule has 2 fully saturated rings. The quantitative estimate of drug-likeness (QED) is 0.559. The summed E-state index contributed by atoms with van der Waals surface area (Å²) >= 11 is 0. The smallest absolute Gasteiger partial charge is 0.305 e. The van der Waals surface area contributed by atoms with Crippen LogP contribution in [-0.4, -0.2) is 31.6 Å². The zero-order valence-electron chi connectivity index (χ0n) is 15.0. The van der Waals surface area contributed by atoms with Gasteiger partial charge in [0.1, 0.15) is 5.75 Å². The first-order valence-electron chi connectivity index (χ1n) is 8.94. The number of nitrogens with two attached hydrogens (primary N) is 1. The third kappa shape index (κ3) is 4.68.